The van der Waals surface area contributed by atoms with Gasteiger partial charge in [0, 0.05) is 5.56 Å². The Hall–Kier alpha value is -3.49. The first-order valence-electron chi connectivity index (χ1n) is 10.2. The van der Waals surface area contributed by atoms with Crippen molar-refractivity contribution >= 4 is 40.0 Å². The quantitative estimate of drug-likeness (QED) is 0.192. The van der Waals surface area contributed by atoms with Crippen molar-refractivity contribution < 1.29 is 19.0 Å². The van der Waals surface area contributed by atoms with Gasteiger partial charge < -0.3 is 14.2 Å². The lowest BCUT2D eigenvalue weighted by molar-refractivity contribution is 0.102. The van der Waals surface area contributed by atoms with Crippen LogP contribution in [0.5, 0.6) is 17.2 Å². The van der Waals surface area contributed by atoms with Crippen LogP contribution in [0.3, 0.4) is 0 Å². The van der Waals surface area contributed by atoms with Crippen molar-refractivity contribution in [1.82, 2.24) is 9.55 Å². The van der Waals surface area contributed by atoms with Crippen LogP contribution in [0.4, 0.5) is 0 Å². The molecule has 0 amide bonds. The summed E-state index contributed by atoms with van der Waals surface area (Å²) in [6.07, 6.45) is 0. The summed E-state index contributed by atoms with van der Waals surface area (Å²) in [6, 6.07) is 17.1. The zero-order chi connectivity index (χ0) is 24.2. The predicted octanol–water partition coefficient (Wildman–Crippen LogP) is 5.04. The Balaban J connectivity index is 1.73. The van der Waals surface area contributed by atoms with Crippen molar-refractivity contribution in [2.45, 2.75) is 5.16 Å². The molecular formula is C25H21ClN2O5S. The number of thioether (sulfide) groups is 1. The van der Waals surface area contributed by atoms with Crippen LogP contribution in [-0.2, 0) is 0 Å². The van der Waals surface area contributed by atoms with Crippen LogP contribution in [0.1, 0.15) is 10.4 Å². The number of ether oxygens (including phenoxy) is 3. The molecule has 1 aromatic heterocycles. The van der Waals surface area contributed by atoms with Crippen LogP contribution in [0, 0.1) is 0 Å². The van der Waals surface area contributed by atoms with Gasteiger partial charge in [0.25, 0.3) is 5.56 Å². The molecule has 0 spiro atoms. The van der Waals surface area contributed by atoms with E-state index in [1.807, 2.05) is 6.07 Å². The van der Waals surface area contributed by atoms with Crippen molar-refractivity contribution in [3.63, 3.8) is 0 Å². The molecule has 9 heteroatoms. The number of Topliss-reactive ketones (excluding diaryl/α,β-unsaturated/α-hetero) is 1. The summed E-state index contributed by atoms with van der Waals surface area (Å²) in [5.74, 6) is 1.40. The number of hydrogen-bond acceptors (Lipinski definition) is 7. The van der Waals surface area contributed by atoms with E-state index in [1.54, 1.807) is 54.6 Å². The van der Waals surface area contributed by atoms with Gasteiger partial charge in [0.1, 0.15) is 5.75 Å². The van der Waals surface area contributed by atoms with Crippen LogP contribution in [-0.4, -0.2) is 42.4 Å². The second kappa shape index (κ2) is 10.2. The van der Waals surface area contributed by atoms with E-state index in [1.165, 1.54) is 37.7 Å². The highest BCUT2D eigenvalue weighted by atomic mass is 35.5. The van der Waals surface area contributed by atoms with E-state index < -0.39 is 0 Å². The van der Waals surface area contributed by atoms with Gasteiger partial charge in [-0.25, -0.2) is 4.98 Å². The molecular weight excluding hydrogens is 476 g/mol. The summed E-state index contributed by atoms with van der Waals surface area (Å²) in [7, 11) is 4.56. The number of fused-ring (bicyclic) bond motifs is 1. The van der Waals surface area contributed by atoms with Gasteiger partial charge in [0.2, 0.25) is 0 Å². The SMILES string of the molecule is COc1ccc(-n2c(SCC(=O)c3ccc(OC)c(OC)c3)nc3ccccc3c2=O)cc1Cl. The maximum atomic E-state index is 13.4. The van der Waals surface area contributed by atoms with Gasteiger partial charge in [-0.15, -0.1) is 0 Å². The zero-order valence-corrected chi connectivity index (χ0v) is 20.3. The lowest BCUT2D eigenvalue weighted by Gasteiger charge is -2.14. The molecule has 4 aromatic rings. The summed E-state index contributed by atoms with van der Waals surface area (Å²) in [4.78, 5) is 31.0. The minimum Gasteiger partial charge on any atom is -0.495 e. The molecule has 0 aliphatic carbocycles. The molecule has 0 saturated carbocycles. The smallest absolute Gasteiger partial charge is 0.266 e. The Kier molecular flexibility index (Phi) is 7.09. The van der Waals surface area contributed by atoms with E-state index in [0.29, 0.717) is 49.6 Å². The Morgan fingerprint density at radius 3 is 2.35 bits per heavy atom. The number of hydrogen-bond donors (Lipinski definition) is 0. The van der Waals surface area contributed by atoms with E-state index in [2.05, 4.69) is 4.98 Å². The van der Waals surface area contributed by atoms with Gasteiger partial charge in [-0.05, 0) is 48.5 Å². The molecule has 0 aliphatic rings. The summed E-state index contributed by atoms with van der Waals surface area (Å²) >= 11 is 7.49. The standard InChI is InChI=1S/C25H21ClN2O5S/c1-31-21-11-9-16(13-18(21)26)28-24(30)17-6-4-5-7-19(17)27-25(28)34-14-20(29)15-8-10-22(32-2)23(12-15)33-3/h4-13H,14H2,1-3H3. The molecule has 0 aliphatic heterocycles. The number of para-hydroxylation sites is 1. The number of carbonyl (C=O) groups excluding carboxylic acids is 1. The largest absolute Gasteiger partial charge is 0.495 e. The molecule has 0 atom stereocenters. The molecule has 174 valence electrons. The van der Waals surface area contributed by atoms with Crippen LogP contribution < -0.4 is 19.8 Å². The minimum atomic E-state index is -0.257. The van der Waals surface area contributed by atoms with Gasteiger partial charge in [-0.3, -0.25) is 14.2 Å². The van der Waals surface area contributed by atoms with E-state index in [0.717, 1.165) is 0 Å². The third-order valence-corrected chi connectivity index (χ3v) is 6.41. The minimum absolute atomic E-state index is 0.0597. The fraction of sp³-hybridized carbons (Fsp3) is 0.160. The van der Waals surface area contributed by atoms with Crippen molar-refractivity contribution in [3.8, 4) is 22.9 Å². The molecule has 3 aromatic carbocycles. The van der Waals surface area contributed by atoms with Crippen LogP contribution in [0.25, 0.3) is 16.6 Å². The Labute approximate surface area is 205 Å². The molecule has 4 rings (SSSR count). The predicted molar refractivity (Wildman–Crippen MR) is 134 cm³/mol. The Morgan fingerprint density at radius 1 is 0.941 bits per heavy atom. The normalized spacial score (nSPS) is 10.8. The van der Waals surface area contributed by atoms with E-state index in [4.69, 9.17) is 25.8 Å². The van der Waals surface area contributed by atoms with Gasteiger partial charge in [-0.1, -0.05) is 35.5 Å². The van der Waals surface area contributed by atoms with Crippen molar-refractivity contribution in [2.24, 2.45) is 0 Å². The molecule has 34 heavy (non-hydrogen) atoms. The number of rotatable bonds is 8. The van der Waals surface area contributed by atoms with Crippen molar-refractivity contribution in [2.75, 3.05) is 27.1 Å². The third kappa shape index (κ3) is 4.60. The highest BCUT2D eigenvalue weighted by molar-refractivity contribution is 7.99. The fourth-order valence-electron chi connectivity index (χ4n) is 3.45. The average Bonchev–Trinajstić information content (AvgIpc) is 2.86. The van der Waals surface area contributed by atoms with Gasteiger partial charge in [0.05, 0.1) is 48.7 Å². The number of nitrogens with zero attached hydrogens (tertiary/aromatic N) is 2. The van der Waals surface area contributed by atoms with Crippen molar-refractivity contribution in [3.05, 3.63) is 81.6 Å². The molecule has 0 fully saturated rings. The molecule has 0 N–H and O–H groups in total. The maximum absolute atomic E-state index is 13.4. The number of benzene rings is 3. The monoisotopic (exact) mass is 496 g/mol. The number of aromatic nitrogens is 2. The zero-order valence-electron chi connectivity index (χ0n) is 18.7. The summed E-state index contributed by atoms with van der Waals surface area (Å²) in [5.41, 5.74) is 1.28. The lowest BCUT2D eigenvalue weighted by atomic mass is 10.1. The highest BCUT2D eigenvalue weighted by Gasteiger charge is 2.17. The molecule has 7 nitrogen and oxygen atoms in total. The van der Waals surface area contributed by atoms with Crippen LogP contribution in [0.2, 0.25) is 5.02 Å². The number of methoxy groups -OCH3 is 3. The molecule has 0 saturated heterocycles. The second-order valence-corrected chi connectivity index (χ2v) is 8.50. The first-order chi connectivity index (χ1) is 16.5. The van der Waals surface area contributed by atoms with Gasteiger partial charge in [-0.2, -0.15) is 0 Å². The van der Waals surface area contributed by atoms with Crippen LogP contribution in [0.15, 0.2) is 70.6 Å². The average molecular weight is 497 g/mol. The lowest BCUT2D eigenvalue weighted by Crippen LogP contribution is -2.22. The first-order valence-corrected chi connectivity index (χ1v) is 11.6. The molecule has 0 bridgehead atoms. The molecule has 1 heterocycles. The van der Waals surface area contributed by atoms with Gasteiger partial charge in [0.15, 0.2) is 22.4 Å². The Morgan fingerprint density at radius 2 is 1.65 bits per heavy atom. The maximum Gasteiger partial charge on any atom is 0.266 e. The van der Waals surface area contributed by atoms with Crippen molar-refractivity contribution in [1.29, 1.82) is 0 Å². The summed E-state index contributed by atoms with van der Waals surface area (Å²) in [5, 5.41) is 1.20. The summed E-state index contributed by atoms with van der Waals surface area (Å²) < 4.78 is 17.2. The van der Waals surface area contributed by atoms with Crippen LogP contribution >= 0.6 is 23.4 Å². The third-order valence-electron chi connectivity index (χ3n) is 5.18. The Bertz CT molecular complexity index is 1440. The number of carbonyl (C=O) groups is 1. The molecule has 0 radical (unpaired) electrons. The first kappa shape index (κ1) is 23.7. The molecule has 0 unspecified atom stereocenters. The highest BCUT2D eigenvalue weighted by Crippen LogP contribution is 2.30. The number of halogens is 1. The fourth-order valence-corrected chi connectivity index (χ4v) is 4.61. The number of ketones is 1. The second-order valence-electron chi connectivity index (χ2n) is 7.15. The van der Waals surface area contributed by atoms with E-state index >= 15 is 0 Å². The van der Waals surface area contributed by atoms with Gasteiger partial charge >= 0.3 is 0 Å². The topological polar surface area (TPSA) is 79.7 Å². The van der Waals surface area contributed by atoms with E-state index in [9.17, 15) is 9.59 Å². The van der Waals surface area contributed by atoms with E-state index in [-0.39, 0.29) is 17.1 Å². The summed E-state index contributed by atoms with van der Waals surface area (Å²) in [6.45, 7) is 0.